The van der Waals surface area contributed by atoms with Crippen LogP contribution in [0.5, 0.6) is 0 Å². The monoisotopic (exact) mass is 396 g/mol. The summed E-state index contributed by atoms with van der Waals surface area (Å²) in [5, 5.41) is 12.5. The van der Waals surface area contributed by atoms with Crippen LogP contribution in [0.3, 0.4) is 0 Å². The fourth-order valence-electron chi connectivity index (χ4n) is 3.50. The normalized spacial score (nSPS) is 11.3. The van der Waals surface area contributed by atoms with Crippen LogP contribution in [0, 0.1) is 13.8 Å². The molecule has 0 saturated carbocycles. The van der Waals surface area contributed by atoms with Gasteiger partial charge in [0, 0.05) is 13.1 Å². The summed E-state index contributed by atoms with van der Waals surface area (Å²) in [5.74, 6) is -0.232. The minimum atomic E-state index is -0.359. The number of benzene rings is 1. The molecular weight excluding hydrogens is 368 g/mol. The van der Waals surface area contributed by atoms with E-state index >= 15 is 0 Å². The molecule has 0 spiro atoms. The predicted octanol–water partition coefficient (Wildman–Crippen LogP) is 1.66. The quantitative estimate of drug-likeness (QED) is 0.626. The van der Waals surface area contributed by atoms with E-state index in [1.165, 1.54) is 4.68 Å². The Bertz CT molecular complexity index is 1050. The van der Waals surface area contributed by atoms with E-state index in [0.717, 1.165) is 36.4 Å². The standard InChI is InChI=1S/C21H28N6O2/c1-5-25(6-2)13-12-22-18(28)14-26-21(29)20-19(15(3)23-26)16(4)27(24-20)17-10-8-7-9-11-17/h7-11H,5-6,12-14H2,1-4H3,(H,22,28). The highest BCUT2D eigenvalue weighted by Crippen LogP contribution is 2.20. The van der Waals surface area contributed by atoms with Crippen molar-refractivity contribution < 1.29 is 4.79 Å². The Kier molecular flexibility index (Phi) is 6.43. The number of aryl methyl sites for hydroxylation is 2. The number of para-hydroxylation sites is 1. The maximum absolute atomic E-state index is 12.9. The van der Waals surface area contributed by atoms with E-state index in [9.17, 15) is 9.59 Å². The number of amides is 1. The number of carbonyl (C=O) groups is 1. The van der Waals surface area contributed by atoms with Gasteiger partial charge in [0.15, 0.2) is 5.52 Å². The molecule has 0 radical (unpaired) electrons. The molecule has 1 amide bonds. The number of aromatic nitrogens is 4. The molecule has 29 heavy (non-hydrogen) atoms. The second-order valence-corrected chi connectivity index (χ2v) is 6.98. The molecule has 154 valence electrons. The van der Waals surface area contributed by atoms with Crippen molar-refractivity contribution in [2.45, 2.75) is 34.2 Å². The Morgan fingerprint density at radius 1 is 1.10 bits per heavy atom. The molecule has 0 aliphatic carbocycles. The summed E-state index contributed by atoms with van der Waals surface area (Å²) in [4.78, 5) is 27.5. The van der Waals surface area contributed by atoms with E-state index in [1.54, 1.807) is 4.68 Å². The van der Waals surface area contributed by atoms with Crippen molar-refractivity contribution in [3.05, 3.63) is 52.1 Å². The van der Waals surface area contributed by atoms with E-state index in [0.29, 0.717) is 17.8 Å². The number of rotatable bonds is 8. The number of likely N-dealkylation sites (N-methyl/N-ethyl adjacent to an activating group) is 1. The van der Waals surface area contributed by atoms with Crippen LogP contribution in [-0.2, 0) is 11.3 Å². The molecular formula is C21H28N6O2. The zero-order chi connectivity index (χ0) is 21.0. The number of nitrogens with zero attached hydrogens (tertiary/aromatic N) is 5. The lowest BCUT2D eigenvalue weighted by molar-refractivity contribution is -0.121. The number of hydrogen-bond acceptors (Lipinski definition) is 5. The molecule has 0 aliphatic rings. The summed E-state index contributed by atoms with van der Waals surface area (Å²) in [7, 11) is 0. The van der Waals surface area contributed by atoms with Crippen molar-refractivity contribution in [3.63, 3.8) is 0 Å². The molecule has 8 nitrogen and oxygen atoms in total. The van der Waals surface area contributed by atoms with Gasteiger partial charge in [-0.05, 0) is 39.1 Å². The van der Waals surface area contributed by atoms with Crippen LogP contribution in [0.1, 0.15) is 25.2 Å². The van der Waals surface area contributed by atoms with Crippen molar-refractivity contribution in [2.24, 2.45) is 0 Å². The third-order valence-corrected chi connectivity index (χ3v) is 5.12. The molecule has 2 aromatic heterocycles. The molecule has 0 saturated heterocycles. The highest BCUT2D eigenvalue weighted by atomic mass is 16.2. The summed E-state index contributed by atoms with van der Waals surface area (Å²) < 4.78 is 2.95. The van der Waals surface area contributed by atoms with Gasteiger partial charge >= 0.3 is 0 Å². The molecule has 8 heteroatoms. The van der Waals surface area contributed by atoms with E-state index < -0.39 is 0 Å². The van der Waals surface area contributed by atoms with Gasteiger partial charge in [-0.15, -0.1) is 0 Å². The second kappa shape index (κ2) is 9.00. The number of carbonyl (C=O) groups excluding carboxylic acids is 1. The molecule has 1 N–H and O–H groups in total. The SMILES string of the molecule is CCN(CC)CCNC(=O)Cn1nc(C)c2c(C)n(-c3ccccc3)nc2c1=O. The first-order valence-corrected chi connectivity index (χ1v) is 9.97. The topological polar surface area (TPSA) is 85.1 Å². The minimum Gasteiger partial charge on any atom is -0.353 e. The summed E-state index contributed by atoms with van der Waals surface area (Å²) in [6.45, 7) is 11.0. The van der Waals surface area contributed by atoms with Gasteiger partial charge in [-0.25, -0.2) is 9.36 Å². The number of fused-ring (bicyclic) bond motifs is 1. The maximum atomic E-state index is 12.9. The first-order valence-electron chi connectivity index (χ1n) is 9.97. The molecule has 3 aromatic rings. The Morgan fingerprint density at radius 3 is 2.45 bits per heavy atom. The number of nitrogens with one attached hydrogen (secondary N) is 1. The zero-order valence-corrected chi connectivity index (χ0v) is 17.5. The molecule has 1 aromatic carbocycles. The van der Waals surface area contributed by atoms with Crippen molar-refractivity contribution in [1.29, 1.82) is 0 Å². The van der Waals surface area contributed by atoms with Crippen LogP contribution in [0.25, 0.3) is 16.6 Å². The van der Waals surface area contributed by atoms with Crippen molar-refractivity contribution >= 4 is 16.8 Å². The van der Waals surface area contributed by atoms with Crippen LogP contribution in [-0.4, -0.2) is 56.5 Å². The highest BCUT2D eigenvalue weighted by molar-refractivity contribution is 5.83. The van der Waals surface area contributed by atoms with Gasteiger partial charge in [-0.3, -0.25) is 9.59 Å². The third kappa shape index (κ3) is 4.37. The third-order valence-electron chi connectivity index (χ3n) is 5.12. The highest BCUT2D eigenvalue weighted by Gasteiger charge is 2.18. The molecule has 0 fully saturated rings. The van der Waals surface area contributed by atoms with Crippen LogP contribution in [0.2, 0.25) is 0 Å². The lowest BCUT2D eigenvalue weighted by Crippen LogP contribution is -2.38. The largest absolute Gasteiger partial charge is 0.353 e. The van der Waals surface area contributed by atoms with Crippen LogP contribution in [0.4, 0.5) is 0 Å². The average Bonchev–Trinajstić information content (AvgIpc) is 3.08. The van der Waals surface area contributed by atoms with E-state index in [1.807, 2.05) is 44.2 Å². The van der Waals surface area contributed by atoms with Crippen LogP contribution >= 0.6 is 0 Å². The smallest absolute Gasteiger partial charge is 0.295 e. The maximum Gasteiger partial charge on any atom is 0.295 e. The molecule has 0 bridgehead atoms. The van der Waals surface area contributed by atoms with Gasteiger partial charge in [-0.2, -0.15) is 10.2 Å². The van der Waals surface area contributed by atoms with Gasteiger partial charge in [0.1, 0.15) is 6.54 Å². The predicted molar refractivity (Wildman–Crippen MR) is 113 cm³/mol. The van der Waals surface area contributed by atoms with Crippen molar-refractivity contribution in [2.75, 3.05) is 26.2 Å². The Hall–Kier alpha value is -3.00. The fraction of sp³-hybridized carbons (Fsp3) is 0.429. The summed E-state index contributed by atoms with van der Waals surface area (Å²) >= 11 is 0. The van der Waals surface area contributed by atoms with Gasteiger partial charge < -0.3 is 10.2 Å². The van der Waals surface area contributed by atoms with Crippen molar-refractivity contribution in [3.8, 4) is 5.69 Å². The van der Waals surface area contributed by atoms with Gasteiger partial charge in [-0.1, -0.05) is 32.0 Å². The van der Waals surface area contributed by atoms with Crippen LogP contribution < -0.4 is 10.9 Å². The average molecular weight is 396 g/mol. The van der Waals surface area contributed by atoms with E-state index in [4.69, 9.17) is 0 Å². The summed E-state index contributed by atoms with van der Waals surface area (Å²) in [6, 6.07) is 9.65. The van der Waals surface area contributed by atoms with Crippen LogP contribution in [0.15, 0.2) is 35.1 Å². The molecule has 2 heterocycles. The van der Waals surface area contributed by atoms with Gasteiger partial charge in [0.05, 0.1) is 22.5 Å². The molecule has 0 unspecified atom stereocenters. The van der Waals surface area contributed by atoms with Gasteiger partial charge in [0.25, 0.3) is 5.56 Å². The molecule has 3 rings (SSSR count). The summed E-state index contributed by atoms with van der Waals surface area (Å²) in [5.41, 5.74) is 2.37. The second-order valence-electron chi connectivity index (χ2n) is 6.98. The summed E-state index contributed by atoms with van der Waals surface area (Å²) in [6.07, 6.45) is 0. The molecule has 0 aliphatic heterocycles. The Morgan fingerprint density at radius 2 is 1.79 bits per heavy atom. The Balaban J connectivity index is 1.84. The van der Waals surface area contributed by atoms with E-state index in [-0.39, 0.29) is 18.0 Å². The zero-order valence-electron chi connectivity index (χ0n) is 17.5. The minimum absolute atomic E-state index is 0.120. The van der Waals surface area contributed by atoms with Crippen molar-refractivity contribution in [1.82, 2.24) is 29.8 Å². The lowest BCUT2D eigenvalue weighted by atomic mass is 10.2. The Labute approximate surface area is 170 Å². The molecule has 0 atom stereocenters. The first kappa shape index (κ1) is 20.7. The number of hydrogen-bond donors (Lipinski definition) is 1. The first-order chi connectivity index (χ1) is 14.0. The lowest BCUT2D eigenvalue weighted by Gasteiger charge is -2.18. The van der Waals surface area contributed by atoms with Gasteiger partial charge in [0.2, 0.25) is 5.91 Å². The fourth-order valence-corrected chi connectivity index (χ4v) is 3.50. The van der Waals surface area contributed by atoms with E-state index in [2.05, 4.69) is 34.3 Å².